The van der Waals surface area contributed by atoms with Crippen molar-refractivity contribution in [3.8, 4) is 0 Å². The first kappa shape index (κ1) is 16.5. The van der Waals surface area contributed by atoms with Gasteiger partial charge >= 0.3 is 0 Å². The number of pyridine rings is 1. The summed E-state index contributed by atoms with van der Waals surface area (Å²) in [5.74, 6) is -0.273. The molecule has 0 atom stereocenters. The lowest BCUT2D eigenvalue weighted by Crippen LogP contribution is -2.25. The third kappa shape index (κ3) is 2.99. The second-order valence-electron chi connectivity index (χ2n) is 5.86. The third-order valence-electron chi connectivity index (χ3n) is 4.13. The fourth-order valence-corrected chi connectivity index (χ4v) is 3.32. The van der Waals surface area contributed by atoms with Crippen molar-refractivity contribution in [1.82, 2.24) is 14.7 Å². The molecule has 2 aromatic heterocycles. The average Bonchev–Trinajstić information content (AvgIpc) is 2.66. The van der Waals surface area contributed by atoms with E-state index in [-0.39, 0.29) is 11.5 Å². The molecule has 0 aliphatic carbocycles. The Morgan fingerprint density at radius 1 is 1.08 bits per heavy atom. The van der Waals surface area contributed by atoms with Crippen molar-refractivity contribution in [2.24, 2.45) is 0 Å². The van der Waals surface area contributed by atoms with Gasteiger partial charge in [-0.15, -0.1) is 0 Å². The Kier molecular flexibility index (Phi) is 4.26. The highest BCUT2D eigenvalue weighted by molar-refractivity contribution is 9.10. The van der Waals surface area contributed by atoms with Crippen LogP contribution in [0.1, 0.15) is 15.9 Å². The average molecular weight is 408 g/mol. The summed E-state index contributed by atoms with van der Waals surface area (Å²) < 4.78 is 2.37. The van der Waals surface area contributed by atoms with E-state index >= 15 is 0 Å². The van der Waals surface area contributed by atoms with Crippen LogP contribution in [0.25, 0.3) is 16.6 Å². The molecule has 0 aliphatic rings. The summed E-state index contributed by atoms with van der Waals surface area (Å²) in [7, 11) is 0. The number of hydrogen-bond donors (Lipinski definition) is 1. The van der Waals surface area contributed by atoms with Crippen molar-refractivity contribution in [2.75, 3.05) is 0 Å². The predicted octanol–water partition coefficient (Wildman–Crippen LogP) is 3.54. The highest BCUT2D eigenvalue weighted by atomic mass is 79.9. The highest BCUT2D eigenvalue weighted by Gasteiger charge is 2.14. The molecule has 5 nitrogen and oxygen atoms in total. The summed E-state index contributed by atoms with van der Waals surface area (Å²) in [6, 6.07) is 18.2. The van der Waals surface area contributed by atoms with Gasteiger partial charge in [-0.25, -0.2) is 4.98 Å². The van der Waals surface area contributed by atoms with Crippen molar-refractivity contribution in [3.05, 3.63) is 92.8 Å². The smallest absolute Gasteiger partial charge is 0.265 e. The Labute approximate surface area is 157 Å². The molecule has 2 aromatic carbocycles. The number of benzene rings is 2. The fourth-order valence-electron chi connectivity index (χ4n) is 2.88. The number of halogens is 1. The number of amides is 1. The zero-order chi connectivity index (χ0) is 18.1. The van der Waals surface area contributed by atoms with Crippen LogP contribution in [0.2, 0.25) is 0 Å². The summed E-state index contributed by atoms with van der Waals surface area (Å²) in [4.78, 5) is 29.9. The molecule has 4 rings (SSSR count). The number of hydrogen-bond acceptors (Lipinski definition) is 3. The third-order valence-corrected chi connectivity index (χ3v) is 4.63. The second-order valence-corrected chi connectivity index (χ2v) is 6.78. The molecule has 0 unspecified atom stereocenters. The zero-order valence-corrected chi connectivity index (χ0v) is 15.2. The van der Waals surface area contributed by atoms with Crippen LogP contribution in [0.15, 0.2) is 76.1 Å². The molecule has 0 bridgehead atoms. The molecule has 0 radical (unpaired) electrons. The molecule has 0 aliphatic heterocycles. The van der Waals surface area contributed by atoms with Crippen molar-refractivity contribution in [3.63, 3.8) is 0 Å². The van der Waals surface area contributed by atoms with Gasteiger partial charge < -0.3 is 5.32 Å². The van der Waals surface area contributed by atoms with Gasteiger partial charge in [-0.2, -0.15) is 0 Å². The Morgan fingerprint density at radius 2 is 1.92 bits per heavy atom. The number of nitrogens with one attached hydrogen (secondary N) is 1. The number of rotatable bonds is 3. The van der Waals surface area contributed by atoms with Gasteiger partial charge in [0.05, 0.1) is 16.5 Å². The number of carbonyl (C=O) groups excluding carboxylic acids is 1. The number of nitrogens with zero attached hydrogens (tertiary/aromatic N) is 2. The van der Waals surface area contributed by atoms with Crippen molar-refractivity contribution in [1.29, 1.82) is 0 Å². The van der Waals surface area contributed by atoms with Gasteiger partial charge in [-0.1, -0.05) is 40.2 Å². The zero-order valence-electron chi connectivity index (χ0n) is 13.6. The summed E-state index contributed by atoms with van der Waals surface area (Å²) in [5.41, 5.74) is 2.08. The molecule has 6 heteroatoms. The second kappa shape index (κ2) is 6.72. The van der Waals surface area contributed by atoms with E-state index in [1.54, 1.807) is 36.5 Å². The van der Waals surface area contributed by atoms with E-state index in [0.29, 0.717) is 28.7 Å². The molecule has 4 aromatic rings. The van der Waals surface area contributed by atoms with E-state index in [1.807, 2.05) is 30.3 Å². The topological polar surface area (TPSA) is 63.5 Å². The SMILES string of the molecule is O=C(NCc1cccc(Br)c1)c1cccn2c(=O)c3ccccc3nc12. The minimum Gasteiger partial charge on any atom is -0.348 e. The van der Waals surface area contributed by atoms with Gasteiger partial charge in [0, 0.05) is 17.2 Å². The van der Waals surface area contributed by atoms with Gasteiger partial charge in [0.25, 0.3) is 11.5 Å². The predicted molar refractivity (Wildman–Crippen MR) is 104 cm³/mol. The molecular formula is C20H14BrN3O2. The first-order valence-corrected chi connectivity index (χ1v) is 8.85. The van der Waals surface area contributed by atoms with E-state index in [1.165, 1.54) is 4.40 Å². The van der Waals surface area contributed by atoms with Crippen LogP contribution in [0, 0.1) is 0 Å². The van der Waals surface area contributed by atoms with E-state index in [4.69, 9.17) is 0 Å². The Bertz CT molecular complexity index is 1200. The summed E-state index contributed by atoms with van der Waals surface area (Å²) >= 11 is 3.42. The first-order valence-electron chi connectivity index (χ1n) is 8.06. The van der Waals surface area contributed by atoms with E-state index in [0.717, 1.165) is 10.0 Å². The number of fused-ring (bicyclic) bond motifs is 2. The maximum absolute atomic E-state index is 12.7. The van der Waals surface area contributed by atoms with Crippen LogP contribution >= 0.6 is 15.9 Å². The quantitative estimate of drug-likeness (QED) is 0.528. The number of aromatic nitrogens is 2. The summed E-state index contributed by atoms with van der Waals surface area (Å²) in [6.45, 7) is 0.386. The lowest BCUT2D eigenvalue weighted by molar-refractivity contribution is 0.0952. The Balaban J connectivity index is 1.74. The number of carbonyl (C=O) groups is 1. The van der Waals surface area contributed by atoms with Crippen LogP contribution in [0.5, 0.6) is 0 Å². The molecule has 0 spiro atoms. The van der Waals surface area contributed by atoms with Crippen LogP contribution in [0.4, 0.5) is 0 Å². The molecule has 1 amide bonds. The maximum atomic E-state index is 12.7. The van der Waals surface area contributed by atoms with Gasteiger partial charge in [0.2, 0.25) is 0 Å². The van der Waals surface area contributed by atoms with Crippen molar-refractivity contribution >= 4 is 38.4 Å². The summed E-state index contributed by atoms with van der Waals surface area (Å²) in [6.07, 6.45) is 1.63. The van der Waals surface area contributed by atoms with E-state index in [2.05, 4.69) is 26.2 Å². The molecule has 26 heavy (non-hydrogen) atoms. The number of para-hydroxylation sites is 1. The molecule has 1 N–H and O–H groups in total. The lowest BCUT2D eigenvalue weighted by atomic mass is 10.2. The van der Waals surface area contributed by atoms with Crippen LogP contribution in [-0.2, 0) is 6.54 Å². The normalized spacial score (nSPS) is 11.0. The molecule has 0 saturated heterocycles. The first-order chi connectivity index (χ1) is 12.6. The van der Waals surface area contributed by atoms with Gasteiger partial charge in [0.1, 0.15) is 0 Å². The highest BCUT2D eigenvalue weighted by Crippen LogP contribution is 2.14. The molecule has 0 saturated carbocycles. The van der Waals surface area contributed by atoms with E-state index < -0.39 is 0 Å². The minimum absolute atomic E-state index is 0.188. The van der Waals surface area contributed by atoms with Crippen LogP contribution < -0.4 is 10.9 Å². The summed E-state index contributed by atoms with van der Waals surface area (Å²) in [5, 5.41) is 3.41. The maximum Gasteiger partial charge on any atom is 0.265 e. The van der Waals surface area contributed by atoms with Crippen molar-refractivity contribution < 1.29 is 4.79 Å². The van der Waals surface area contributed by atoms with Crippen LogP contribution in [0.3, 0.4) is 0 Å². The monoisotopic (exact) mass is 407 g/mol. The van der Waals surface area contributed by atoms with Gasteiger partial charge in [-0.05, 0) is 42.0 Å². The van der Waals surface area contributed by atoms with E-state index in [9.17, 15) is 9.59 Å². The standard InChI is InChI=1S/C20H14BrN3O2/c21-14-6-3-5-13(11-14)12-22-19(25)16-8-4-10-24-18(16)23-17-9-2-1-7-15(17)20(24)26/h1-11H,12H2,(H,22,25). The Morgan fingerprint density at radius 3 is 2.77 bits per heavy atom. The minimum atomic E-state index is -0.273. The molecule has 2 heterocycles. The molecule has 0 fully saturated rings. The fraction of sp³-hybridized carbons (Fsp3) is 0.0500. The Hall–Kier alpha value is -2.99. The lowest BCUT2D eigenvalue weighted by Gasteiger charge is -2.09. The van der Waals surface area contributed by atoms with Gasteiger partial charge in [-0.3, -0.25) is 14.0 Å². The molecule has 128 valence electrons. The molecular weight excluding hydrogens is 394 g/mol. The van der Waals surface area contributed by atoms with Gasteiger partial charge in [0.15, 0.2) is 5.65 Å². The largest absolute Gasteiger partial charge is 0.348 e. The van der Waals surface area contributed by atoms with Crippen molar-refractivity contribution in [2.45, 2.75) is 6.54 Å². The van der Waals surface area contributed by atoms with Crippen LogP contribution in [-0.4, -0.2) is 15.3 Å².